The Balaban J connectivity index is 1.86. The van der Waals surface area contributed by atoms with Gasteiger partial charge in [-0.25, -0.2) is 9.97 Å². The second-order valence-corrected chi connectivity index (χ2v) is 6.97. The predicted octanol–water partition coefficient (Wildman–Crippen LogP) is 2.67. The molecule has 114 valence electrons. The lowest BCUT2D eigenvalue weighted by molar-refractivity contribution is 0.199. The van der Waals surface area contributed by atoms with E-state index in [9.17, 15) is 0 Å². The van der Waals surface area contributed by atoms with E-state index in [1.807, 2.05) is 24.3 Å². The van der Waals surface area contributed by atoms with Gasteiger partial charge in [0.1, 0.15) is 0 Å². The molecule has 0 aliphatic rings. The molecule has 2 heterocycles. The van der Waals surface area contributed by atoms with Crippen LogP contribution in [0.1, 0.15) is 11.1 Å². The van der Waals surface area contributed by atoms with Crippen molar-refractivity contribution in [3.8, 4) is 0 Å². The highest BCUT2D eigenvalue weighted by Gasteiger charge is 2.06. The molecule has 7 heteroatoms. The zero-order valence-corrected chi connectivity index (χ0v) is 14.6. The van der Waals surface area contributed by atoms with Gasteiger partial charge in [-0.05, 0) is 32.9 Å². The van der Waals surface area contributed by atoms with Gasteiger partial charge in [-0.1, -0.05) is 0 Å². The number of anilines is 1. The third-order valence-electron chi connectivity index (χ3n) is 2.89. The monoisotopic (exact) mass is 370 g/mol. The highest BCUT2D eigenvalue weighted by molar-refractivity contribution is 9.11. The zero-order chi connectivity index (χ0) is 15.1. The van der Waals surface area contributed by atoms with Gasteiger partial charge in [-0.15, -0.1) is 11.3 Å². The second-order valence-electron chi connectivity index (χ2n) is 4.68. The molecule has 2 aromatic heterocycles. The molecule has 0 fully saturated rings. The van der Waals surface area contributed by atoms with Crippen molar-refractivity contribution in [3.63, 3.8) is 0 Å². The van der Waals surface area contributed by atoms with Crippen LogP contribution in [0.3, 0.4) is 0 Å². The zero-order valence-electron chi connectivity index (χ0n) is 12.2. The number of hydrogen-bond acceptors (Lipinski definition) is 6. The number of methoxy groups -OCH3 is 1. The van der Waals surface area contributed by atoms with Crippen molar-refractivity contribution in [2.45, 2.75) is 13.1 Å². The molecule has 2 aromatic rings. The number of aromatic nitrogens is 2. The number of nitrogens with one attached hydrogen (secondary N) is 1. The van der Waals surface area contributed by atoms with Gasteiger partial charge in [-0.3, -0.25) is 0 Å². The molecule has 0 atom stereocenters. The number of halogens is 1. The Morgan fingerprint density at radius 2 is 2.10 bits per heavy atom. The van der Waals surface area contributed by atoms with Crippen LogP contribution in [0, 0.1) is 0 Å². The maximum absolute atomic E-state index is 4.99. The fourth-order valence-electron chi connectivity index (χ4n) is 1.82. The molecule has 0 bridgehead atoms. The molecule has 0 aliphatic heterocycles. The SMILES string of the molecule is COCCNCc1cnc(N(C)Cc2csc(Br)c2)nc1. The molecule has 5 nitrogen and oxygen atoms in total. The maximum atomic E-state index is 4.99. The molecular weight excluding hydrogens is 352 g/mol. The fourth-order valence-corrected chi connectivity index (χ4v) is 3.02. The molecule has 0 unspecified atom stereocenters. The first-order chi connectivity index (χ1) is 10.2. The van der Waals surface area contributed by atoms with Crippen LogP contribution >= 0.6 is 27.3 Å². The van der Waals surface area contributed by atoms with Crippen molar-refractivity contribution < 1.29 is 4.74 Å². The van der Waals surface area contributed by atoms with Crippen LogP contribution in [0.25, 0.3) is 0 Å². The summed E-state index contributed by atoms with van der Waals surface area (Å²) in [6.45, 7) is 3.08. The smallest absolute Gasteiger partial charge is 0.225 e. The molecule has 0 spiro atoms. The largest absolute Gasteiger partial charge is 0.383 e. The van der Waals surface area contributed by atoms with Gasteiger partial charge in [0, 0.05) is 51.7 Å². The summed E-state index contributed by atoms with van der Waals surface area (Å²) < 4.78 is 6.13. The molecule has 21 heavy (non-hydrogen) atoms. The first kappa shape index (κ1) is 16.4. The Morgan fingerprint density at radius 3 is 2.71 bits per heavy atom. The Morgan fingerprint density at radius 1 is 1.33 bits per heavy atom. The summed E-state index contributed by atoms with van der Waals surface area (Å²) in [4.78, 5) is 10.9. The molecule has 0 aromatic carbocycles. The third kappa shape index (κ3) is 5.35. The van der Waals surface area contributed by atoms with Crippen molar-refractivity contribution in [1.29, 1.82) is 0 Å². The number of nitrogens with zero attached hydrogens (tertiary/aromatic N) is 3. The van der Waals surface area contributed by atoms with Gasteiger partial charge in [0.05, 0.1) is 10.4 Å². The van der Waals surface area contributed by atoms with Gasteiger partial charge in [-0.2, -0.15) is 0 Å². The van der Waals surface area contributed by atoms with E-state index in [1.165, 1.54) is 5.56 Å². The Kier molecular flexibility index (Phi) is 6.56. The van der Waals surface area contributed by atoms with Gasteiger partial charge in [0.25, 0.3) is 0 Å². The van der Waals surface area contributed by atoms with Gasteiger partial charge in [0.15, 0.2) is 0 Å². The molecule has 0 saturated carbocycles. The van der Waals surface area contributed by atoms with Crippen LogP contribution in [-0.2, 0) is 17.8 Å². The van der Waals surface area contributed by atoms with E-state index in [4.69, 9.17) is 4.74 Å². The predicted molar refractivity (Wildman–Crippen MR) is 89.7 cm³/mol. The summed E-state index contributed by atoms with van der Waals surface area (Å²) in [7, 11) is 3.69. The minimum atomic E-state index is 0.706. The summed E-state index contributed by atoms with van der Waals surface area (Å²) in [5.74, 6) is 0.734. The van der Waals surface area contributed by atoms with Crippen LogP contribution in [0.5, 0.6) is 0 Å². The van der Waals surface area contributed by atoms with Crippen LogP contribution in [0.15, 0.2) is 27.6 Å². The van der Waals surface area contributed by atoms with Crippen molar-refractivity contribution in [3.05, 3.63) is 38.8 Å². The van der Waals surface area contributed by atoms with Crippen LogP contribution in [0.2, 0.25) is 0 Å². The normalized spacial score (nSPS) is 10.8. The molecule has 0 aliphatic carbocycles. The van der Waals surface area contributed by atoms with E-state index >= 15 is 0 Å². The Hall–Kier alpha value is -1.02. The molecule has 0 amide bonds. The quantitative estimate of drug-likeness (QED) is 0.723. The first-order valence-electron chi connectivity index (χ1n) is 6.63. The minimum Gasteiger partial charge on any atom is -0.383 e. The maximum Gasteiger partial charge on any atom is 0.225 e. The van der Waals surface area contributed by atoms with Crippen LogP contribution < -0.4 is 10.2 Å². The van der Waals surface area contributed by atoms with Crippen LogP contribution in [-0.4, -0.2) is 37.3 Å². The lowest BCUT2D eigenvalue weighted by Gasteiger charge is -2.16. The van der Waals surface area contributed by atoms with E-state index in [-0.39, 0.29) is 0 Å². The highest BCUT2D eigenvalue weighted by atomic mass is 79.9. The van der Waals surface area contributed by atoms with Gasteiger partial charge < -0.3 is 15.0 Å². The number of hydrogen-bond donors (Lipinski definition) is 1. The number of thiophene rings is 1. The van der Waals surface area contributed by atoms with Gasteiger partial charge >= 0.3 is 0 Å². The molecule has 0 radical (unpaired) electrons. The van der Waals surface area contributed by atoms with Crippen molar-refractivity contribution in [2.75, 3.05) is 32.2 Å². The molecule has 1 N–H and O–H groups in total. The summed E-state index contributed by atoms with van der Waals surface area (Å²) in [6, 6.07) is 2.12. The summed E-state index contributed by atoms with van der Waals surface area (Å²) in [6.07, 6.45) is 3.73. The van der Waals surface area contributed by atoms with E-state index in [0.717, 1.165) is 34.9 Å². The second kappa shape index (κ2) is 8.43. The Bertz CT molecular complexity index is 546. The van der Waals surface area contributed by atoms with Crippen molar-refractivity contribution in [1.82, 2.24) is 15.3 Å². The molecule has 2 rings (SSSR count). The molecule has 0 saturated heterocycles. The first-order valence-corrected chi connectivity index (χ1v) is 8.31. The Labute approximate surface area is 137 Å². The summed E-state index contributed by atoms with van der Waals surface area (Å²) in [5.41, 5.74) is 2.32. The van der Waals surface area contributed by atoms with Crippen molar-refractivity contribution in [2.24, 2.45) is 0 Å². The average Bonchev–Trinajstić information content (AvgIpc) is 2.89. The van der Waals surface area contributed by atoms with E-state index in [0.29, 0.717) is 6.61 Å². The number of ether oxygens (including phenoxy) is 1. The van der Waals surface area contributed by atoms with Crippen molar-refractivity contribution >= 4 is 33.2 Å². The topological polar surface area (TPSA) is 50.3 Å². The number of rotatable bonds is 8. The lowest BCUT2D eigenvalue weighted by atomic mass is 10.3. The van der Waals surface area contributed by atoms with E-state index < -0.39 is 0 Å². The standard InChI is InChI=1S/C14H19BrN4OS/c1-19(9-11-5-13(15)21-10-11)14-17-7-12(8-18-14)6-16-3-4-20-2/h5,7-8,10,16H,3-4,6,9H2,1-2H3. The molecular formula is C14H19BrN4OS. The lowest BCUT2D eigenvalue weighted by Crippen LogP contribution is -2.20. The van der Waals surface area contributed by atoms with E-state index in [1.54, 1.807) is 18.4 Å². The average molecular weight is 371 g/mol. The van der Waals surface area contributed by atoms with Crippen LogP contribution in [0.4, 0.5) is 5.95 Å². The van der Waals surface area contributed by atoms with E-state index in [2.05, 4.69) is 42.7 Å². The third-order valence-corrected chi connectivity index (χ3v) is 4.44. The highest BCUT2D eigenvalue weighted by Crippen LogP contribution is 2.22. The summed E-state index contributed by atoms with van der Waals surface area (Å²) >= 11 is 5.16. The fraction of sp³-hybridized carbons (Fsp3) is 0.429. The van der Waals surface area contributed by atoms with Gasteiger partial charge in [0.2, 0.25) is 5.95 Å². The minimum absolute atomic E-state index is 0.706. The summed E-state index contributed by atoms with van der Waals surface area (Å²) in [5, 5.41) is 5.41.